The van der Waals surface area contributed by atoms with E-state index in [0.29, 0.717) is 21.5 Å². The van der Waals surface area contributed by atoms with E-state index in [1.54, 1.807) is 25.3 Å². The highest BCUT2D eigenvalue weighted by atomic mass is 35.5. The van der Waals surface area contributed by atoms with Crippen LogP contribution in [0.1, 0.15) is 5.56 Å². The first-order chi connectivity index (χ1) is 11.1. The molecule has 23 heavy (non-hydrogen) atoms. The van der Waals surface area contributed by atoms with E-state index in [-0.39, 0.29) is 6.61 Å². The summed E-state index contributed by atoms with van der Waals surface area (Å²) in [5.41, 5.74) is 3.16. The molecule has 0 bridgehead atoms. The van der Waals surface area contributed by atoms with Crippen molar-refractivity contribution in [1.29, 1.82) is 0 Å². The Morgan fingerprint density at radius 1 is 1.26 bits per heavy atom. The third kappa shape index (κ3) is 5.47. The van der Waals surface area contributed by atoms with Gasteiger partial charge in [0.15, 0.2) is 6.61 Å². The number of nitrogens with one attached hydrogen (secondary N) is 1. The van der Waals surface area contributed by atoms with E-state index in [0.717, 1.165) is 5.56 Å². The average molecular weight is 353 g/mol. The molecule has 7 heteroatoms. The Hall–Kier alpha value is -2.24. The number of halogens is 2. The summed E-state index contributed by atoms with van der Waals surface area (Å²) in [5, 5.41) is 4.68. The molecule has 2 aromatic carbocycles. The molecule has 0 aromatic heterocycles. The van der Waals surface area contributed by atoms with Crippen LogP contribution in [-0.2, 0) is 4.79 Å². The van der Waals surface area contributed by atoms with Gasteiger partial charge in [-0.3, -0.25) is 4.79 Å². The summed E-state index contributed by atoms with van der Waals surface area (Å²) in [6.45, 7) is -0.212. The lowest BCUT2D eigenvalue weighted by molar-refractivity contribution is -0.123. The maximum absolute atomic E-state index is 11.7. The van der Waals surface area contributed by atoms with E-state index in [9.17, 15) is 4.79 Å². The molecular weight excluding hydrogens is 339 g/mol. The predicted octanol–water partition coefficient (Wildman–Crippen LogP) is 3.53. The van der Waals surface area contributed by atoms with Crippen molar-refractivity contribution in [2.75, 3.05) is 13.7 Å². The number of ether oxygens (including phenoxy) is 2. The molecule has 0 heterocycles. The number of methoxy groups -OCH3 is 1. The number of carbonyl (C=O) groups excluding carboxylic acids is 1. The van der Waals surface area contributed by atoms with Gasteiger partial charge >= 0.3 is 0 Å². The van der Waals surface area contributed by atoms with Crippen molar-refractivity contribution in [3.63, 3.8) is 0 Å². The molecule has 0 aliphatic heterocycles. The number of nitrogens with zero attached hydrogens (tertiary/aromatic N) is 1. The maximum atomic E-state index is 11.7. The van der Waals surface area contributed by atoms with Crippen LogP contribution in [0.25, 0.3) is 0 Å². The molecule has 0 unspecified atom stereocenters. The van der Waals surface area contributed by atoms with Crippen LogP contribution < -0.4 is 14.9 Å². The summed E-state index contributed by atoms with van der Waals surface area (Å²) in [6, 6.07) is 12.0. The standard InChI is InChI=1S/C16H14Cl2N2O3/c1-22-13-4-2-3-11(7-13)9-19-20-16(21)10-23-15-6-5-12(17)8-14(15)18/h2-9H,10H2,1H3,(H,20,21). The third-order valence-corrected chi connectivity index (χ3v) is 3.28. The Morgan fingerprint density at radius 2 is 2.09 bits per heavy atom. The second-order valence-electron chi connectivity index (χ2n) is 4.43. The second kappa shape index (κ2) is 8.41. The van der Waals surface area contributed by atoms with Crippen molar-refractivity contribution in [3.05, 3.63) is 58.1 Å². The SMILES string of the molecule is COc1cccc(C=NNC(=O)COc2ccc(Cl)cc2Cl)c1. The van der Waals surface area contributed by atoms with Gasteiger partial charge in [0.2, 0.25) is 0 Å². The van der Waals surface area contributed by atoms with Crippen molar-refractivity contribution < 1.29 is 14.3 Å². The molecule has 2 aromatic rings. The van der Waals surface area contributed by atoms with E-state index in [2.05, 4.69) is 10.5 Å². The first-order valence-electron chi connectivity index (χ1n) is 6.62. The molecule has 0 fully saturated rings. The zero-order valence-electron chi connectivity index (χ0n) is 12.3. The van der Waals surface area contributed by atoms with Crippen molar-refractivity contribution in [1.82, 2.24) is 5.43 Å². The summed E-state index contributed by atoms with van der Waals surface area (Å²) >= 11 is 11.7. The van der Waals surface area contributed by atoms with Crippen LogP contribution in [0.3, 0.4) is 0 Å². The molecule has 0 aliphatic carbocycles. The number of carbonyl (C=O) groups is 1. The van der Waals surface area contributed by atoms with Gasteiger partial charge in [0.25, 0.3) is 5.91 Å². The average Bonchev–Trinajstić information content (AvgIpc) is 2.54. The highest BCUT2D eigenvalue weighted by Gasteiger charge is 2.05. The van der Waals surface area contributed by atoms with Crippen LogP contribution in [0, 0.1) is 0 Å². The smallest absolute Gasteiger partial charge is 0.277 e. The van der Waals surface area contributed by atoms with Gasteiger partial charge in [0, 0.05) is 5.02 Å². The number of amides is 1. The van der Waals surface area contributed by atoms with Gasteiger partial charge in [0.1, 0.15) is 11.5 Å². The van der Waals surface area contributed by atoms with Crippen LogP contribution >= 0.6 is 23.2 Å². The first-order valence-corrected chi connectivity index (χ1v) is 7.38. The summed E-state index contributed by atoms with van der Waals surface area (Å²) in [5.74, 6) is 0.680. The Morgan fingerprint density at radius 3 is 2.83 bits per heavy atom. The minimum Gasteiger partial charge on any atom is -0.497 e. The zero-order valence-corrected chi connectivity index (χ0v) is 13.8. The summed E-state index contributed by atoms with van der Waals surface area (Å²) in [7, 11) is 1.58. The van der Waals surface area contributed by atoms with Gasteiger partial charge in [0.05, 0.1) is 18.3 Å². The van der Waals surface area contributed by atoms with Gasteiger partial charge in [-0.1, -0.05) is 35.3 Å². The fraction of sp³-hybridized carbons (Fsp3) is 0.125. The zero-order chi connectivity index (χ0) is 16.7. The van der Waals surface area contributed by atoms with Crippen LogP contribution in [0.5, 0.6) is 11.5 Å². The third-order valence-electron chi connectivity index (χ3n) is 2.75. The lowest BCUT2D eigenvalue weighted by Gasteiger charge is -2.07. The molecule has 0 atom stereocenters. The van der Waals surface area contributed by atoms with Crippen LogP contribution in [0.2, 0.25) is 10.0 Å². The molecule has 120 valence electrons. The fourth-order valence-electron chi connectivity index (χ4n) is 1.67. The molecule has 2 rings (SSSR count). The molecule has 0 aliphatic rings. The number of hydrazone groups is 1. The molecule has 0 saturated heterocycles. The Balaban J connectivity index is 1.83. The van der Waals surface area contributed by atoms with E-state index >= 15 is 0 Å². The van der Waals surface area contributed by atoms with E-state index in [1.165, 1.54) is 12.3 Å². The van der Waals surface area contributed by atoms with Gasteiger partial charge in [-0.2, -0.15) is 5.10 Å². The lowest BCUT2D eigenvalue weighted by atomic mass is 10.2. The highest BCUT2D eigenvalue weighted by molar-refractivity contribution is 6.35. The van der Waals surface area contributed by atoms with E-state index < -0.39 is 5.91 Å². The lowest BCUT2D eigenvalue weighted by Crippen LogP contribution is -2.24. The normalized spacial score (nSPS) is 10.6. The van der Waals surface area contributed by atoms with E-state index in [1.807, 2.05) is 18.2 Å². The topological polar surface area (TPSA) is 59.9 Å². The molecule has 0 spiro atoms. The van der Waals surface area contributed by atoms with Gasteiger partial charge < -0.3 is 9.47 Å². The quantitative estimate of drug-likeness (QED) is 0.638. The second-order valence-corrected chi connectivity index (χ2v) is 5.28. The molecule has 0 radical (unpaired) electrons. The van der Waals surface area contributed by atoms with Gasteiger partial charge in [-0.25, -0.2) is 5.43 Å². The Kier molecular flexibility index (Phi) is 6.26. The molecule has 0 saturated carbocycles. The van der Waals surface area contributed by atoms with Crippen LogP contribution in [0.15, 0.2) is 47.6 Å². The van der Waals surface area contributed by atoms with Gasteiger partial charge in [-0.05, 0) is 35.9 Å². The highest BCUT2D eigenvalue weighted by Crippen LogP contribution is 2.27. The number of hydrogen-bond donors (Lipinski definition) is 1. The fourth-order valence-corrected chi connectivity index (χ4v) is 2.13. The Bertz CT molecular complexity index is 720. The number of hydrogen-bond acceptors (Lipinski definition) is 4. The Labute approximate surface area is 143 Å². The number of benzene rings is 2. The molecule has 5 nitrogen and oxygen atoms in total. The largest absolute Gasteiger partial charge is 0.497 e. The monoisotopic (exact) mass is 352 g/mol. The van der Waals surface area contributed by atoms with Crippen molar-refractivity contribution in [3.8, 4) is 11.5 Å². The maximum Gasteiger partial charge on any atom is 0.277 e. The van der Waals surface area contributed by atoms with Crippen LogP contribution in [0.4, 0.5) is 0 Å². The van der Waals surface area contributed by atoms with E-state index in [4.69, 9.17) is 32.7 Å². The molecule has 1 amide bonds. The predicted molar refractivity (Wildman–Crippen MR) is 90.7 cm³/mol. The minimum absolute atomic E-state index is 0.212. The van der Waals surface area contributed by atoms with Crippen LogP contribution in [-0.4, -0.2) is 25.8 Å². The summed E-state index contributed by atoms with van der Waals surface area (Å²) in [4.78, 5) is 11.7. The summed E-state index contributed by atoms with van der Waals surface area (Å²) < 4.78 is 10.4. The molecule has 1 N–H and O–H groups in total. The summed E-state index contributed by atoms with van der Waals surface area (Å²) in [6.07, 6.45) is 1.51. The first kappa shape index (κ1) is 17.1. The van der Waals surface area contributed by atoms with Crippen molar-refractivity contribution >= 4 is 35.3 Å². The molecular formula is C16H14Cl2N2O3. The van der Waals surface area contributed by atoms with Crippen molar-refractivity contribution in [2.45, 2.75) is 0 Å². The minimum atomic E-state index is -0.407. The van der Waals surface area contributed by atoms with Crippen molar-refractivity contribution in [2.24, 2.45) is 5.10 Å². The van der Waals surface area contributed by atoms with Gasteiger partial charge in [-0.15, -0.1) is 0 Å². The number of rotatable bonds is 6.